The van der Waals surface area contributed by atoms with Gasteiger partial charge in [0.2, 0.25) is 0 Å². The highest BCUT2D eigenvalue weighted by Crippen LogP contribution is 2.34. The Hall–Kier alpha value is -1.52. The normalized spacial score (nSPS) is 14.9. The zero-order valence-corrected chi connectivity index (χ0v) is 13.7. The minimum Gasteiger partial charge on any atom is -0.486 e. The van der Waals surface area contributed by atoms with E-state index < -0.39 is 0 Å². The second-order valence-corrected chi connectivity index (χ2v) is 6.14. The van der Waals surface area contributed by atoms with Crippen LogP contribution in [0.1, 0.15) is 28.3 Å². The molecule has 3 nitrogen and oxygen atoms in total. The number of ether oxygens (including phenoxy) is 2. The van der Waals surface area contributed by atoms with E-state index in [-0.39, 0.29) is 6.04 Å². The lowest BCUT2D eigenvalue weighted by molar-refractivity contribution is 0.171. The molecule has 1 unspecified atom stereocenters. The van der Waals surface area contributed by atoms with Gasteiger partial charge in [-0.2, -0.15) is 0 Å². The van der Waals surface area contributed by atoms with Gasteiger partial charge in [0, 0.05) is 4.47 Å². The van der Waals surface area contributed by atoms with Crippen molar-refractivity contribution in [3.63, 3.8) is 0 Å². The van der Waals surface area contributed by atoms with E-state index in [1.165, 1.54) is 11.1 Å². The third-order valence-corrected chi connectivity index (χ3v) is 4.99. The van der Waals surface area contributed by atoms with Crippen molar-refractivity contribution in [1.82, 2.24) is 0 Å². The Labute approximate surface area is 133 Å². The molecule has 0 saturated heterocycles. The van der Waals surface area contributed by atoms with Gasteiger partial charge in [-0.1, -0.05) is 34.1 Å². The Balaban J connectivity index is 1.96. The van der Waals surface area contributed by atoms with Crippen molar-refractivity contribution >= 4 is 15.9 Å². The Morgan fingerprint density at radius 3 is 2.24 bits per heavy atom. The fourth-order valence-electron chi connectivity index (χ4n) is 2.60. The van der Waals surface area contributed by atoms with Crippen molar-refractivity contribution in [2.24, 2.45) is 5.73 Å². The quantitative estimate of drug-likeness (QED) is 0.896. The molecule has 0 bridgehead atoms. The average Bonchev–Trinajstić information content (AvgIpc) is 2.51. The van der Waals surface area contributed by atoms with E-state index in [1.54, 1.807) is 0 Å². The maximum Gasteiger partial charge on any atom is 0.161 e. The van der Waals surface area contributed by atoms with Crippen LogP contribution in [0.5, 0.6) is 11.5 Å². The maximum atomic E-state index is 6.43. The van der Waals surface area contributed by atoms with Crippen molar-refractivity contribution < 1.29 is 9.47 Å². The highest BCUT2D eigenvalue weighted by molar-refractivity contribution is 9.10. The van der Waals surface area contributed by atoms with Crippen molar-refractivity contribution in [3.05, 3.63) is 57.1 Å². The Kier molecular flexibility index (Phi) is 3.91. The molecule has 0 spiro atoms. The topological polar surface area (TPSA) is 44.5 Å². The van der Waals surface area contributed by atoms with Gasteiger partial charge in [0.05, 0.1) is 6.04 Å². The SMILES string of the molecule is Cc1cc(C(N)c2ccc3c(c2)OCCO3)cc(C)c1Br. The Morgan fingerprint density at radius 2 is 1.57 bits per heavy atom. The molecule has 0 amide bonds. The number of halogens is 1. The summed E-state index contributed by atoms with van der Waals surface area (Å²) in [6.45, 7) is 5.35. The number of aryl methyl sites for hydroxylation is 2. The average molecular weight is 348 g/mol. The van der Waals surface area contributed by atoms with Crippen LogP contribution in [0.4, 0.5) is 0 Å². The lowest BCUT2D eigenvalue weighted by Crippen LogP contribution is -2.17. The summed E-state index contributed by atoms with van der Waals surface area (Å²) in [6, 6.07) is 9.99. The molecule has 1 heterocycles. The predicted octanol–water partition coefficient (Wildman–Crippen LogP) is 3.89. The molecular weight excluding hydrogens is 330 g/mol. The fraction of sp³-hybridized carbons (Fsp3) is 0.294. The smallest absolute Gasteiger partial charge is 0.161 e. The molecule has 0 saturated carbocycles. The predicted molar refractivity (Wildman–Crippen MR) is 87.1 cm³/mol. The zero-order chi connectivity index (χ0) is 15.0. The highest BCUT2D eigenvalue weighted by atomic mass is 79.9. The van der Waals surface area contributed by atoms with Gasteiger partial charge in [-0.05, 0) is 48.2 Å². The molecule has 0 aromatic heterocycles. The van der Waals surface area contributed by atoms with Crippen molar-refractivity contribution in [2.75, 3.05) is 13.2 Å². The van der Waals surface area contributed by atoms with E-state index in [9.17, 15) is 0 Å². The summed E-state index contributed by atoms with van der Waals surface area (Å²) in [5, 5.41) is 0. The zero-order valence-electron chi connectivity index (χ0n) is 12.2. The third-order valence-electron chi connectivity index (χ3n) is 3.74. The van der Waals surface area contributed by atoms with Gasteiger partial charge in [0.25, 0.3) is 0 Å². The molecule has 1 atom stereocenters. The molecule has 2 aromatic carbocycles. The number of hydrogen-bond acceptors (Lipinski definition) is 3. The molecule has 0 radical (unpaired) electrons. The molecule has 4 heteroatoms. The maximum absolute atomic E-state index is 6.43. The summed E-state index contributed by atoms with van der Waals surface area (Å²) in [7, 11) is 0. The van der Waals surface area contributed by atoms with Crippen LogP contribution in [0.2, 0.25) is 0 Å². The second-order valence-electron chi connectivity index (χ2n) is 5.35. The second kappa shape index (κ2) is 5.70. The van der Waals surface area contributed by atoms with E-state index in [1.807, 2.05) is 18.2 Å². The number of benzene rings is 2. The van der Waals surface area contributed by atoms with Crippen LogP contribution >= 0.6 is 15.9 Å². The van der Waals surface area contributed by atoms with Crippen LogP contribution in [0.3, 0.4) is 0 Å². The molecule has 0 fully saturated rings. The van der Waals surface area contributed by atoms with Crippen molar-refractivity contribution in [3.8, 4) is 11.5 Å². The van der Waals surface area contributed by atoms with Crippen LogP contribution in [-0.4, -0.2) is 13.2 Å². The standard InChI is InChI=1S/C17H18BrNO2/c1-10-7-13(8-11(2)16(10)18)17(19)12-3-4-14-15(9-12)21-6-5-20-14/h3-4,7-9,17H,5-6,19H2,1-2H3. The van der Waals surface area contributed by atoms with Crippen LogP contribution in [0.25, 0.3) is 0 Å². The van der Waals surface area contributed by atoms with Gasteiger partial charge in [0.15, 0.2) is 11.5 Å². The number of hydrogen-bond donors (Lipinski definition) is 1. The molecular formula is C17H18BrNO2. The largest absolute Gasteiger partial charge is 0.486 e. The molecule has 0 aliphatic carbocycles. The highest BCUT2D eigenvalue weighted by Gasteiger charge is 2.16. The molecule has 3 rings (SSSR count). The Morgan fingerprint density at radius 1 is 0.952 bits per heavy atom. The summed E-state index contributed by atoms with van der Waals surface area (Å²) < 4.78 is 12.3. The van der Waals surface area contributed by atoms with E-state index in [0.29, 0.717) is 13.2 Å². The van der Waals surface area contributed by atoms with Gasteiger partial charge < -0.3 is 15.2 Å². The van der Waals surface area contributed by atoms with Crippen molar-refractivity contribution in [1.29, 1.82) is 0 Å². The van der Waals surface area contributed by atoms with Crippen LogP contribution in [-0.2, 0) is 0 Å². The number of fused-ring (bicyclic) bond motifs is 1. The minimum atomic E-state index is -0.175. The minimum absolute atomic E-state index is 0.175. The lowest BCUT2D eigenvalue weighted by Gasteiger charge is -2.21. The molecule has 2 N–H and O–H groups in total. The van der Waals surface area contributed by atoms with Crippen molar-refractivity contribution in [2.45, 2.75) is 19.9 Å². The first-order valence-corrected chi connectivity index (χ1v) is 7.77. The number of rotatable bonds is 2. The van der Waals surface area contributed by atoms with E-state index in [4.69, 9.17) is 15.2 Å². The van der Waals surface area contributed by atoms with Gasteiger partial charge in [-0.25, -0.2) is 0 Å². The summed E-state index contributed by atoms with van der Waals surface area (Å²) >= 11 is 3.59. The number of nitrogens with two attached hydrogens (primary N) is 1. The first-order chi connectivity index (χ1) is 10.1. The summed E-state index contributed by atoms with van der Waals surface area (Å²) in [6.07, 6.45) is 0. The van der Waals surface area contributed by atoms with Crippen LogP contribution in [0, 0.1) is 13.8 Å². The summed E-state index contributed by atoms with van der Waals surface area (Å²) in [5.41, 5.74) is 10.9. The monoisotopic (exact) mass is 347 g/mol. The molecule has 1 aliphatic rings. The molecule has 110 valence electrons. The summed E-state index contributed by atoms with van der Waals surface area (Å²) in [4.78, 5) is 0. The molecule has 1 aliphatic heterocycles. The van der Waals surface area contributed by atoms with E-state index >= 15 is 0 Å². The lowest BCUT2D eigenvalue weighted by atomic mass is 9.96. The fourth-order valence-corrected chi connectivity index (χ4v) is 2.83. The first-order valence-electron chi connectivity index (χ1n) is 6.98. The Bertz CT molecular complexity index is 661. The summed E-state index contributed by atoms with van der Waals surface area (Å²) in [5.74, 6) is 1.57. The molecule has 21 heavy (non-hydrogen) atoms. The third kappa shape index (κ3) is 2.78. The van der Waals surface area contributed by atoms with Gasteiger partial charge in [0.1, 0.15) is 13.2 Å². The van der Waals surface area contributed by atoms with E-state index in [2.05, 4.69) is 41.9 Å². The van der Waals surface area contributed by atoms with Crippen LogP contribution < -0.4 is 15.2 Å². The van der Waals surface area contributed by atoms with Gasteiger partial charge >= 0.3 is 0 Å². The van der Waals surface area contributed by atoms with Gasteiger partial charge in [-0.3, -0.25) is 0 Å². The molecule has 2 aromatic rings. The van der Waals surface area contributed by atoms with Gasteiger partial charge in [-0.15, -0.1) is 0 Å². The van der Waals surface area contributed by atoms with E-state index in [0.717, 1.165) is 27.1 Å². The van der Waals surface area contributed by atoms with Crippen LogP contribution in [0.15, 0.2) is 34.8 Å². The first kappa shape index (κ1) is 14.4.